The summed E-state index contributed by atoms with van der Waals surface area (Å²) in [7, 11) is 0. The Labute approximate surface area is 142 Å². The van der Waals surface area contributed by atoms with Crippen molar-refractivity contribution in [2.45, 2.75) is 13.8 Å². The molecule has 0 aromatic heterocycles. The van der Waals surface area contributed by atoms with E-state index in [2.05, 4.69) is 0 Å². The van der Waals surface area contributed by atoms with Crippen LogP contribution in [0.25, 0.3) is 21.5 Å². The Balaban J connectivity index is 2.38. The molecule has 3 aromatic rings. The zero-order chi connectivity index (χ0) is 17.1. The van der Waals surface area contributed by atoms with Crippen LogP contribution < -0.4 is 13.7 Å². The molecule has 5 nitrogen and oxygen atoms in total. The molecule has 3 aromatic carbocycles. The Bertz CT molecular complexity index is 907. The second-order valence-electron chi connectivity index (χ2n) is 5.08. The third-order valence-electron chi connectivity index (χ3n) is 3.64. The van der Waals surface area contributed by atoms with E-state index in [0.29, 0.717) is 24.7 Å². The lowest BCUT2D eigenvalue weighted by Crippen LogP contribution is -2.00. The first kappa shape index (κ1) is 16.5. The van der Waals surface area contributed by atoms with Gasteiger partial charge in [-0.1, -0.05) is 24.3 Å². The maximum atomic E-state index is 10.9. The number of hydrogen-bond acceptors (Lipinski definition) is 4. The molecule has 1 atom stereocenters. The standard InChI is InChI=1S/C18H18O5S/c1-3-21-17-13-7-5-6-8-14(13)18(22-4-2)16-11-12(23-24(19)20)9-10-15(16)17/h5-11H,3-4H2,1-2H3,(H,19,20). The van der Waals surface area contributed by atoms with E-state index in [4.69, 9.17) is 18.2 Å². The highest BCUT2D eigenvalue weighted by atomic mass is 32.2. The molecule has 24 heavy (non-hydrogen) atoms. The van der Waals surface area contributed by atoms with Crippen LogP contribution in [-0.4, -0.2) is 22.0 Å². The topological polar surface area (TPSA) is 65.0 Å². The Kier molecular flexibility index (Phi) is 4.87. The van der Waals surface area contributed by atoms with Crippen molar-refractivity contribution in [2.24, 2.45) is 0 Å². The minimum absolute atomic E-state index is 0.294. The van der Waals surface area contributed by atoms with Gasteiger partial charge in [0.1, 0.15) is 17.2 Å². The Morgan fingerprint density at radius 1 is 0.875 bits per heavy atom. The van der Waals surface area contributed by atoms with Gasteiger partial charge in [0.15, 0.2) is 0 Å². The molecular weight excluding hydrogens is 328 g/mol. The summed E-state index contributed by atoms with van der Waals surface area (Å²) in [6, 6.07) is 13.0. The van der Waals surface area contributed by atoms with Crippen molar-refractivity contribution >= 4 is 32.9 Å². The van der Waals surface area contributed by atoms with Gasteiger partial charge in [0.05, 0.1) is 13.2 Å². The van der Waals surface area contributed by atoms with E-state index in [0.717, 1.165) is 27.3 Å². The Morgan fingerprint density at radius 2 is 1.42 bits per heavy atom. The van der Waals surface area contributed by atoms with Crippen molar-refractivity contribution in [3.63, 3.8) is 0 Å². The lowest BCUT2D eigenvalue weighted by Gasteiger charge is -2.17. The van der Waals surface area contributed by atoms with Crippen LogP contribution in [0.3, 0.4) is 0 Å². The van der Waals surface area contributed by atoms with Crippen LogP contribution in [-0.2, 0) is 11.4 Å². The zero-order valence-corrected chi connectivity index (χ0v) is 14.3. The van der Waals surface area contributed by atoms with E-state index >= 15 is 0 Å². The minimum atomic E-state index is -2.38. The number of hydrogen-bond donors (Lipinski definition) is 1. The van der Waals surface area contributed by atoms with Gasteiger partial charge in [-0.3, -0.25) is 4.55 Å². The first-order chi connectivity index (χ1) is 11.7. The van der Waals surface area contributed by atoms with Crippen LogP contribution in [0.15, 0.2) is 42.5 Å². The normalized spacial score (nSPS) is 12.3. The number of fused-ring (bicyclic) bond motifs is 2. The smallest absolute Gasteiger partial charge is 0.357 e. The molecule has 0 fully saturated rings. The van der Waals surface area contributed by atoms with Gasteiger partial charge in [-0.25, -0.2) is 0 Å². The number of benzene rings is 3. The summed E-state index contributed by atoms with van der Waals surface area (Å²) >= 11 is -2.38. The third kappa shape index (κ3) is 3.02. The molecule has 0 radical (unpaired) electrons. The molecule has 1 unspecified atom stereocenters. The molecule has 0 saturated carbocycles. The molecule has 0 bridgehead atoms. The van der Waals surface area contributed by atoms with E-state index in [9.17, 15) is 4.21 Å². The van der Waals surface area contributed by atoms with Crippen LogP contribution in [0, 0.1) is 0 Å². The second-order valence-corrected chi connectivity index (χ2v) is 5.68. The van der Waals surface area contributed by atoms with Gasteiger partial charge < -0.3 is 13.7 Å². The van der Waals surface area contributed by atoms with Crippen molar-refractivity contribution in [2.75, 3.05) is 13.2 Å². The minimum Gasteiger partial charge on any atom is -0.493 e. The largest absolute Gasteiger partial charge is 0.493 e. The van der Waals surface area contributed by atoms with E-state index in [1.54, 1.807) is 12.1 Å². The van der Waals surface area contributed by atoms with Crippen LogP contribution in [0.2, 0.25) is 0 Å². The predicted octanol–water partition coefficient (Wildman–Crippen LogP) is 4.31. The highest BCUT2D eigenvalue weighted by Crippen LogP contribution is 2.43. The highest BCUT2D eigenvalue weighted by molar-refractivity contribution is 7.74. The molecule has 1 N–H and O–H groups in total. The first-order valence-corrected chi connectivity index (χ1v) is 8.72. The summed E-state index contributed by atoms with van der Waals surface area (Å²) in [5.41, 5.74) is 0. The third-order valence-corrected chi connectivity index (χ3v) is 3.98. The van der Waals surface area contributed by atoms with Gasteiger partial charge >= 0.3 is 11.4 Å². The van der Waals surface area contributed by atoms with Crippen LogP contribution >= 0.6 is 0 Å². The number of ether oxygens (including phenoxy) is 2. The summed E-state index contributed by atoms with van der Waals surface area (Å²) in [6.07, 6.45) is 0. The van der Waals surface area contributed by atoms with Crippen LogP contribution in [0.4, 0.5) is 0 Å². The molecule has 3 rings (SSSR count). The van der Waals surface area contributed by atoms with Crippen LogP contribution in [0.1, 0.15) is 13.8 Å². The van der Waals surface area contributed by atoms with Gasteiger partial charge in [-0.05, 0) is 32.0 Å². The second kappa shape index (κ2) is 7.07. The average Bonchev–Trinajstić information content (AvgIpc) is 2.57. The molecule has 6 heteroatoms. The van der Waals surface area contributed by atoms with Crippen molar-refractivity contribution in [3.05, 3.63) is 42.5 Å². The van der Waals surface area contributed by atoms with Gasteiger partial charge in [0, 0.05) is 21.5 Å². The summed E-state index contributed by atoms with van der Waals surface area (Å²) in [5, 5.41) is 3.55. The van der Waals surface area contributed by atoms with Gasteiger partial charge in [-0.15, -0.1) is 0 Å². The summed E-state index contributed by atoms with van der Waals surface area (Å²) in [5.74, 6) is 1.77. The molecule has 0 amide bonds. The molecule has 0 spiro atoms. The Hall–Kier alpha value is -2.31. The Morgan fingerprint density at radius 3 is 1.96 bits per heavy atom. The fourth-order valence-corrected chi connectivity index (χ4v) is 3.08. The molecule has 0 heterocycles. The van der Waals surface area contributed by atoms with Gasteiger partial charge in [-0.2, -0.15) is 4.21 Å². The monoisotopic (exact) mass is 346 g/mol. The SMILES string of the molecule is CCOc1c2ccccc2c(OCC)c2cc(OS(=O)O)ccc12. The number of rotatable bonds is 6. The van der Waals surface area contributed by atoms with E-state index in [1.807, 2.05) is 44.2 Å². The molecule has 126 valence electrons. The lowest BCUT2D eigenvalue weighted by atomic mass is 10.0. The van der Waals surface area contributed by atoms with Crippen molar-refractivity contribution in [1.29, 1.82) is 0 Å². The zero-order valence-electron chi connectivity index (χ0n) is 13.4. The molecule has 0 aliphatic heterocycles. The van der Waals surface area contributed by atoms with E-state index < -0.39 is 11.4 Å². The quantitative estimate of drug-likeness (QED) is 0.532. The van der Waals surface area contributed by atoms with Crippen molar-refractivity contribution in [3.8, 4) is 17.2 Å². The van der Waals surface area contributed by atoms with E-state index in [1.165, 1.54) is 0 Å². The molecule has 0 aliphatic rings. The molecule has 0 aliphatic carbocycles. The predicted molar refractivity (Wildman–Crippen MR) is 95.2 cm³/mol. The first-order valence-electron chi connectivity index (χ1n) is 7.69. The summed E-state index contributed by atoms with van der Waals surface area (Å²) in [4.78, 5) is 0. The van der Waals surface area contributed by atoms with E-state index in [-0.39, 0.29) is 0 Å². The lowest BCUT2D eigenvalue weighted by molar-refractivity contribution is 0.342. The summed E-state index contributed by atoms with van der Waals surface area (Å²) < 4.78 is 36.5. The average molecular weight is 346 g/mol. The fourth-order valence-electron chi connectivity index (χ4n) is 2.81. The maximum Gasteiger partial charge on any atom is 0.357 e. The van der Waals surface area contributed by atoms with Crippen molar-refractivity contribution < 1.29 is 22.4 Å². The van der Waals surface area contributed by atoms with Gasteiger partial charge in [0.25, 0.3) is 0 Å². The highest BCUT2D eigenvalue weighted by Gasteiger charge is 2.16. The fraction of sp³-hybridized carbons (Fsp3) is 0.222. The maximum absolute atomic E-state index is 10.9. The summed E-state index contributed by atoms with van der Waals surface area (Å²) in [6.45, 7) is 4.89. The molecular formula is C18H18O5S. The van der Waals surface area contributed by atoms with Gasteiger partial charge in [0.2, 0.25) is 0 Å². The van der Waals surface area contributed by atoms with Crippen LogP contribution in [0.5, 0.6) is 17.2 Å². The molecule has 0 saturated heterocycles. The van der Waals surface area contributed by atoms with Crippen molar-refractivity contribution in [1.82, 2.24) is 0 Å².